The second kappa shape index (κ2) is 8.05. The molecule has 0 aromatic heterocycles. The second-order valence-electron chi connectivity index (χ2n) is 5.78. The van der Waals surface area contributed by atoms with Gasteiger partial charge in [0.1, 0.15) is 0 Å². The number of nitrogens with two attached hydrogens (primary N) is 1. The van der Waals surface area contributed by atoms with Gasteiger partial charge in [-0.15, -0.1) is 0 Å². The molecule has 0 aliphatic rings. The van der Waals surface area contributed by atoms with Crippen molar-refractivity contribution >= 4 is 11.6 Å². The highest BCUT2D eigenvalue weighted by Crippen LogP contribution is 2.15. The maximum Gasteiger partial charge on any atom is 0.244 e. The molecule has 1 rings (SSSR count). The Labute approximate surface area is 122 Å². The lowest BCUT2D eigenvalue weighted by Gasteiger charge is -2.22. The van der Waals surface area contributed by atoms with Crippen molar-refractivity contribution in [2.45, 2.75) is 64.8 Å². The van der Waals surface area contributed by atoms with Gasteiger partial charge >= 0.3 is 0 Å². The van der Waals surface area contributed by atoms with Crippen LogP contribution in [0.4, 0.5) is 5.69 Å². The maximum absolute atomic E-state index is 12.1. The average molecular weight is 276 g/mol. The summed E-state index contributed by atoms with van der Waals surface area (Å²) in [6.45, 7) is 6.02. The molecule has 0 bridgehead atoms. The highest BCUT2D eigenvalue weighted by Gasteiger charge is 2.26. The quantitative estimate of drug-likeness (QED) is 0.708. The van der Waals surface area contributed by atoms with E-state index in [1.165, 1.54) is 24.8 Å². The molecule has 0 aliphatic carbocycles. The third-order valence-electron chi connectivity index (χ3n) is 3.57. The molecular formula is C17H28N2O. The Morgan fingerprint density at radius 1 is 1.15 bits per heavy atom. The summed E-state index contributed by atoms with van der Waals surface area (Å²) in [5.41, 5.74) is 7.36. The van der Waals surface area contributed by atoms with Gasteiger partial charge in [-0.25, -0.2) is 0 Å². The lowest BCUT2D eigenvalue weighted by atomic mass is 9.96. The molecule has 1 aromatic rings. The third kappa shape index (κ3) is 5.33. The molecule has 0 spiro atoms. The molecule has 0 aliphatic heterocycles. The molecule has 0 fully saturated rings. The number of nitrogens with one attached hydrogen (secondary N) is 1. The summed E-state index contributed by atoms with van der Waals surface area (Å²) in [6.07, 6.45) is 6.42. The maximum atomic E-state index is 12.1. The van der Waals surface area contributed by atoms with Gasteiger partial charge in [-0.1, -0.05) is 45.2 Å². The number of hydrogen-bond donors (Lipinski definition) is 2. The van der Waals surface area contributed by atoms with Crippen molar-refractivity contribution in [2.24, 2.45) is 5.73 Å². The zero-order chi connectivity index (χ0) is 15.0. The van der Waals surface area contributed by atoms with Crippen LogP contribution in [0.3, 0.4) is 0 Å². The van der Waals surface area contributed by atoms with Gasteiger partial charge in [0.2, 0.25) is 5.91 Å². The molecule has 3 N–H and O–H groups in total. The summed E-state index contributed by atoms with van der Waals surface area (Å²) >= 11 is 0. The highest BCUT2D eigenvalue weighted by atomic mass is 16.2. The Hall–Kier alpha value is -1.35. The van der Waals surface area contributed by atoms with Crippen molar-refractivity contribution in [3.63, 3.8) is 0 Å². The summed E-state index contributed by atoms with van der Waals surface area (Å²) in [5.74, 6) is -0.113. The molecule has 0 saturated carbocycles. The average Bonchev–Trinajstić information content (AvgIpc) is 2.41. The summed E-state index contributed by atoms with van der Waals surface area (Å²) in [7, 11) is 0. The van der Waals surface area contributed by atoms with Gasteiger partial charge < -0.3 is 11.1 Å². The predicted octanol–water partition coefficient (Wildman–Crippen LogP) is 3.88. The van der Waals surface area contributed by atoms with E-state index in [9.17, 15) is 4.79 Å². The third-order valence-corrected chi connectivity index (χ3v) is 3.57. The van der Waals surface area contributed by atoms with E-state index in [0.29, 0.717) is 6.42 Å². The molecule has 20 heavy (non-hydrogen) atoms. The number of anilines is 1. The van der Waals surface area contributed by atoms with Crippen molar-refractivity contribution in [1.29, 1.82) is 0 Å². The van der Waals surface area contributed by atoms with Crippen molar-refractivity contribution in [3.05, 3.63) is 29.8 Å². The molecule has 1 aromatic carbocycles. The van der Waals surface area contributed by atoms with E-state index in [-0.39, 0.29) is 5.91 Å². The number of unbranched alkanes of at least 4 members (excludes halogenated alkanes) is 2. The minimum Gasteiger partial charge on any atom is -0.325 e. The first-order chi connectivity index (χ1) is 9.49. The molecule has 1 amide bonds. The van der Waals surface area contributed by atoms with Crippen LogP contribution in [0.2, 0.25) is 0 Å². The molecule has 1 atom stereocenters. The molecule has 0 heterocycles. The highest BCUT2D eigenvalue weighted by molar-refractivity contribution is 5.97. The molecule has 0 saturated heterocycles. The fraction of sp³-hybridized carbons (Fsp3) is 0.588. The van der Waals surface area contributed by atoms with Gasteiger partial charge in [0.25, 0.3) is 0 Å². The Balaban J connectivity index is 2.54. The second-order valence-corrected chi connectivity index (χ2v) is 5.78. The summed E-state index contributed by atoms with van der Waals surface area (Å²) in [5, 5.41) is 2.90. The zero-order valence-corrected chi connectivity index (χ0v) is 13.0. The predicted molar refractivity (Wildman–Crippen MR) is 85.8 cm³/mol. The van der Waals surface area contributed by atoms with E-state index in [1.54, 1.807) is 6.92 Å². The number of rotatable bonds is 8. The SMILES string of the molecule is CCCCCc1ccc(NC(=O)C(C)(N)CCC)cc1. The minimum atomic E-state index is -0.797. The minimum absolute atomic E-state index is 0.113. The van der Waals surface area contributed by atoms with Gasteiger partial charge in [0.05, 0.1) is 5.54 Å². The summed E-state index contributed by atoms with van der Waals surface area (Å²) in [6, 6.07) is 8.08. The molecule has 3 heteroatoms. The Kier molecular flexibility index (Phi) is 6.73. The van der Waals surface area contributed by atoms with Crippen LogP contribution in [0.5, 0.6) is 0 Å². The Morgan fingerprint density at radius 3 is 2.35 bits per heavy atom. The molecular weight excluding hydrogens is 248 g/mol. The molecule has 3 nitrogen and oxygen atoms in total. The van der Waals surface area contributed by atoms with Crippen LogP contribution in [0.25, 0.3) is 0 Å². The van der Waals surface area contributed by atoms with Crippen LogP contribution in [0.1, 0.15) is 58.4 Å². The van der Waals surface area contributed by atoms with Crippen LogP contribution in [0, 0.1) is 0 Å². The molecule has 1 unspecified atom stereocenters. The van der Waals surface area contributed by atoms with E-state index in [1.807, 2.05) is 19.1 Å². The topological polar surface area (TPSA) is 55.1 Å². The Morgan fingerprint density at radius 2 is 1.80 bits per heavy atom. The van der Waals surface area contributed by atoms with E-state index in [0.717, 1.165) is 18.5 Å². The van der Waals surface area contributed by atoms with Crippen LogP contribution in [0.15, 0.2) is 24.3 Å². The smallest absolute Gasteiger partial charge is 0.244 e. The zero-order valence-electron chi connectivity index (χ0n) is 13.0. The summed E-state index contributed by atoms with van der Waals surface area (Å²) in [4.78, 5) is 12.1. The Bertz CT molecular complexity index is 410. The first-order valence-corrected chi connectivity index (χ1v) is 7.69. The standard InChI is InChI=1S/C17H28N2O/c1-4-6-7-8-14-9-11-15(12-10-14)19-16(20)17(3,18)13-5-2/h9-12H,4-8,13,18H2,1-3H3,(H,19,20). The van der Waals surface area contributed by atoms with E-state index in [4.69, 9.17) is 5.73 Å². The van der Waals surface area contributed by atoms with Crippen molar-refractivity contribution in [2.75, 3.05) is 5.32 Å². The van der Waals surface area contributed by atoms with Gasteiger partial charge in [-0.3, -0.25) is 4.79 Å². The number of carbonyl (C=O) groups is 1. The van der Waals surface area contributed by atoms with E-state index < -0.39 is 5.54 Å². The lowest BCUT2D eigenvalue weighted by molar-refractivity contribution is -0.120. The summed E-state index contributed by atoms with van der Waals surface area (Å²) < 4.78 is 0. The van der Waals surface area contributed by atoms with Gasteiger partial charge in [0.15, 0.2) is 0 Å². The monoisotopic (exact) mass is 276 g/mol. The van der Waals surface area contributed by atoms with Crippen LogP contribution in [-0.4, -0.2) is 11.4 Å². The van der Waals surface area contributed by atoms with Gasteiger partial charge in [-0.2, -0.15) is 0 Å². The molecule has 0 radical (unpaired) electrons. The van der Waals surface area contributed by atoms with Crippen molar-refractivity contribution in [3.8, 4) is 0 Å². The van der Waals surface area contributed by atoms with Crippen LogP contribution >= 0.6 is 0 Å². The lowest BCUT2D eigenvalue weighted by Crippen LogP contribution is -2.48. The first-order valence-electron chi connectivity index (χ1n) is 7.69. The fourth-order valence-corrected chi connectivity index (χ4v) is 2.24. The van der Waals surface area contributed by atoms with E-state index in [2.05, 4.69) is 24.4 Å². The van der Waals surface area contributed by atoms with Gasteiger partial charge in [-0.05, 0) is 43.9 Å². The first kappa shape index (κ1) is 16.7. The largest absolute Gasteiger partial charge is 0.325 e. The van der Waals surface area contributed by atoms with Crippen LogP contribution in [-0.2, 0) is 11.2 Å². The molecule has 112 valence electrons. The van der Waals surface area contributed by atoms with E-state index >= 15 is 0 Å². The number of aryl methyl sites for hydroxylation is 1. The number of benzene rings is 1. The normalized spacial score (nSPS) is 13.8. The van der Waals surface area contributed by atoms with Gasteiger partial charge in [0, 0.05) is 5.69 Å². The number of carbonyl (C=O) groups excluding carboxylic acids is 1. The fourth-order valence-electron chi connectivity index (χ4n) is 2.24. The van der Waals surface area contributed by atoms with Crippen molar-refractivity contribution < 1.29 is 4.79 Å². The van der Waals surface area contributed by atoms with Crippen LogP contribution < -0.4 is 11.1 Å². The number of amides is 1. The number of hydrogen-bond acceptors (Lipinski definition) is 2. The van der Waals surface area contributed by atoms with Crippen molar-refractivity contribution in [1.82, 2.24) is 0 Å².